The molecule has 1 heterocycles. The van der Waals surface area contributed by atoms with E-state index in [2.05, 4.69) is 25.6 Å². The summed E-state index contributed by atoms with van der Waals surface area (Å²) in [5, 5.41) is 5.69. The van der Waals surface area contributed by atoms with Crippen molar-refractivity contribution < 1.29 is 18.0 Å². The van der Waals surface area contributed by atoms with Crippen molar-refractivity contribution in [3.8, 4) is 0 Å². The van der Waals surface area contributed by atoms with Gasteiger partial charge in [0.05, 0.1) is 16.8 Å². The summed E-state index contributed by atoms with van der Waals surface area (Å²) in [5.41, 5.74) is 10.1. The molecule has 0 radical (unpaired) electrons. The van der Waals surface area contributed by atoms with Crippen LogP contribution in [-0.2, 0) is 11.0 Å². The Balaban J connectivity index is 1.74. The molecular weight excluding hydrogens is 399 g/mol. The Morgan fingerprint density at radius 2 is 2.07 bits per heavy atom. The molecular formula is C19H26F3N7O. The number of hydrogen-bond acceptors (Lipinski definition) is 7. The predicted molar refractivity (Wildman–Crippen MR) is 108 cm³/mol. The van der Waals surface area contributed by atoms with Gasteiger partial charge in [-0.15, -0.1) is 0 Å². The van der Waals surface area contributed by atoms with Gasteiger partial charge in [-0.1, -0.05) is 6.92 Å². The standard InChI is InChI=1S/C19H26F3N7O/c1-10(25-8-11-6-18(11,3)15(24)30)13(7-23)27-16-26-9-12(19(20,21)22)14(28-16)29-17(2)4-5-17/h7,9,11H,4-6,8,23H2,1-3H3,(H2,24,30)(H2,26,27,28,29)/b13-7+,25-10-/t11-,18-/m1/s1. The zero-order valence-corrected chi connectivity index (χ0v) is 17.1. The molecule has 0 aromatic carbocycles. The minimum atomic E-state index is -4.58. The zero-order valence-electron chi connectivity index (χ0n) is 17.1. The first kappa shape index (κ1) is 21.8. The molecule has 0 aliphatic heterocycles. The minimum absolute atomic E-state index is 0.0330. The molecule has 8 nitrogen and oxygen atoms in total. The van der Waals surface area contributed by atoms with Gasteiger partial charge in [0.2, 0.25) is 11.9 Å². The summed E-state index contributed by atoms with van der Waals surface area (Å²) in [5.74, 6) is -0.604. The number of nitrogens with zero attached hydrogens (tertiary/aromatic N) is 3. The minimum Gasteiger partial charge on any atom is -0.403 e. The normalized spacial score (nSPS) is 25.6. The summed E-state index contributed by atoms with van der Waals surface area (Å²) in [6, 6.07) is 0. The lowest BCUT2D eigenvalue weighted by molar-refractivity contribution is -0.137. The molecule has 11 heteroatoms. The number of nitrogens with one attached hydrogen (secondary N) is 2. The lowest BCUT2D eigenvalue weighted by Gasteiger charge is -2.18. The van der Waals surface area contributed by atoms with Gasteiger partial charge in [0.25, 0.3) is 0 Å². The molecule has 2 fully saturated rings. The van der Waals surface area contributed by atoms with Gasteiger partial charge < -0.3 is 22.1 Å². The summed E-state index contributed by atoms with van der Waals surface area (Å²) >= 11 is 0. The second-order valence-electron chi connectivity index (χ2n) is 8.45. The number of aliphatic imine (C=N–C) groups is 1. The fourth-order valence-electron chi connectivity index (χ4n) is 3.07. The van der Waals surface area contributed by atoms with E-state index in [9.17, 15) is 18.0 Å². The van der Waals surface area contributed by atoms with Crippen molar-refractivity contribution in [2.24, 2.45) is 27.8 Å². The summed E-state index contributed by atoms with van der Waals surface area (Å²) in [4.78, 5) is 23.7. The molecule has 30 heavy (non-hydrogen) atoms. The number of amides is 1. The van der Waals surface area contributed by atoms with Gasteiger partial charge in [0.1, 0.15) is 11.4 Å². The number of carbonyl (C=O) groups is 1. The monoisotopic (exact) mass is 425 g/mol. The number of anilines is 2. The number of rotatable bonds is 8. The lowest BCUT2D eigenvalue weighted by atomic mass is 10.1. The zero-order chi connectivity index (χ0) is 22.3. The van der Waals surface area contributed by atoms with Crippen molar-refractivity contribution in [1.29, 1.82) is 0 Å². The quantitative estimate of drug-likeness (QED) is 0.474. The van der Waals surface area contributed by atoms with Crippen LogP contribution in [0.4, 0.5) is 24.9 Å². The number of nitrogens with two attached hydrogens (primary N) is 2. The highest BCUT2D eigenvalue weighted by Gasteiger charge is 2.54. The van der Waals surface area contributed by atoms with Crippen LogP contribution < -0.4 is 22.1 Å². The molecule has 2 saturated carbocycles. The van der Waals surface area contributed by atoms with Crippen LogP contribution >= 0.6 is 0 Å². The molecule has 0 bridgehead atoms. The molecule has 3 rings (SSSR count). The van der Waals surface area contributed by atoms with Crippen LogP contribution in [0, 0.1) is 11.3 Å². The summed E-state index contributed by atoms with van der Waals surface area (Å²) in [6.07, 6.45) is -0.385. The Morgan fingerprint density at radius 1 is 1.40 bits per heavy atom. The van der Waals surface area contributed by atoms with E-state index in [0.29, 0.717) is 24.4 Å². The van der Waals surface area contributed by atoms with E-state index in [1.54, 1.807) is 13.8 Å². The van der Waals surface area contributed by atoms with Gasteiger partial charge in [0, 0.05) is 24.5 Å². The fraction of sp³-hybridized carbons (Fsp3) is 0.579. The highest BCUT2D eigenvalue weighted by molar-refractivity contribution is 6.00. The van der Waals surface area contributed by atoms with Crippen molar-refractivity contribution in [2.45, 2.75) is 51.7 Å². The van der Waals surface area contributed by atoms with E-state index in [1.165, 1.54) is 6.20 Å². The molecule has 1 amide bonds. The van der Waals surface area contributed by atoms with E-state index < -0.39 is 22.7 Å². The van der Waals surface area contributed by atoms with Crippen LogP contribution in [0.3, 0.4) is 0 Å². The van der Waals surface area contributed by atoms with Crippen LogP contribution in [0.25, 0.3) is 0 Å². The van der Waals surface area contributed by atoms with Crippen molar-refractivity contribution in [3.05, 3.63) is 23.7 Å². The Hall–Kier alpha value is -2.85. The predicted octanol–water partition coefficient (Wildman–Crippen LogP) is 2.64. The molecule has 0 spiro atoms. The number of halogens is 3. The molecule has 164 valence electrons. The van der Waals surface area contributed by atoms with E-state index >= 15 is 0 Å². The van der Waals surface area contributed by atoms with E-state index in [0.717, 1.165) is 19.0 Å². The molecule has 2 aliphatic rings. The third-order valence-corrected chi connectivity index (χ3v) is 5.84. The fourth-order valence-corrected chi connectivity index (χ4v) is 3.07. The number of aromatic nitrogens is 2. The van der Waals surface area contributed by atoms with Gasteiger partial charge in [-0.25, -0.2) is 4.98 Å². The highest BCUT2D eigenvalue weighted by Crippen LogP contribution is 2.52. The van der Waals surface area contributed by atoms with Crippen LogP contribution in [0.1, 0.15) is 45.6 Å². The SMILES string of the molecule is CC(=N/C[C@H]1C[C@@]1(C)C(N)=O)/C(=C\N)Nc1ncc(C(F)(F)F)c(NC2(C)CC2)n1. The number of hydrogen-bond donors (Lipinski definition) is 4. The maximum Gasteiger partial charge on any atom is 0.421 e. The third-order valence-electron chi connectivity index (χ3n) is 5.84. The number of allylic oxidation sites excluding steroid dienone is 1. The molecule has 2 aliphatic carbocycles. The third kappa shape index (κ3) is 4.65. The molecule has 6 N–H and O–H groups in total. The lowest BCUT2D eigenvalue weighted by Crippen LogP contribution is -2.24. The van der Waals surface area contributed by atoms with E-state index in [1.807, 2.05) is 6.92 Å². The Labute approximate surface area is 172 Å². The van der Waals surface area contributed by atoms with Gasteiger partial charge in [0.15, 0.2) is 0 Å². The highest BCUT2D eigenvalue weighted by atomic mass is 19.4. The first-order chi connectivity index (χ1) is 13.9. The van der Waals surface area contributed by atoms with Crippen molar-refractivity contribution in [1.82, 2.24) is 9.97 Å². The number of primary amides is 1. The van der Waals surface area contributed by atoms with Gasteiger partial charge in [-0.2, -0.15) is 18.2 Å². The van der Waals surface area contributed by atoms with Gasteiger partial charge in [-0.3, -0.25) is 9.79 Å². The molecule has 1 aromatic heterocycles. The van der Waals surface area contributed by atoms with Crippen LogP contribution in [0.2, 0.25) is 0 Å². The van der Waals surface area contributed by atoms with E-state index in [4.69, 9.17) is 11.5 Å². The van der Waals surface area contributed by atoms with Gasteiger partial charge >= 0.3 is 6.18 Å². The Morgan fingerprint density at radius 3 is 2.57 bits per heavy atom. The van der Waals surface area contributed by atoms with Gasteiger partial charge in [-0.05, 0) is 39.0 Å². The second kappa shape index (κ2) is 7.44. The number of carbonyl (C=O) groups excluding carboxylic acids is 1. The van der Waals surface area contributed by atoms with Crippen molar-refractivity contribution in [3.63, 3.8) is 0 Å². The maximum atomic E-state index is 13.3. The summed E-state index contributed by atoms with van der Waals surface area (Å²) in [7, 11) is 0. The molecule has 2 atom stereocenters. The summed E-state index contributed by atoms with van der Waals surface area (Å²) < 4.78 is 39.9. The van der Waals surface area contributed by atoms with Crippen LogP contribution in [-0.4, -0.2) is 33.7 Å². The number of alkyl halides is 3. The maximum absolute atomic E-state index is 13.3. The average Bonchev–Trinajstić information content (AvgIpc) is 3.54. The first-order valence-electron chi connectivity index (χ1n) is 9.61. The summed E-state index contributed by atoms with van der Waals surface area (Å²) in [6.45, 7) is 5.73. The van der Waals surface area contributed by atoms with Crippen LogP contribution in [0.5, 0.6) is 0 Å². The van der Waals surface area contributed by atoms with Crippen LogP contribution in [0.15, 0.2) is 23.1 Å². The largest absolute Gasteiger partial charge is 0.421 e. The Kier molecular flexibility index (Phi) is 5.42. The molecule has 1 aromatic rings. The average molecular weight is 425 g/mol. The molecule has 0 unspecified atom stereocenters. The van der Waals surface area contributed by atoms with E-state index in [-0.39, 0.29) is 23.6 Å². The van der Waals surface area contributed by atoms with Crippen molar-refractivity contribution >= 4 is 23.4 Å². The topological polar surface area (TPSA) is 131 Å². The molecule has 0 saturated heterocycles. The first-order valence-corrected chi connectivity index (χ1v) is 9.61. The smallest absolute Gasteiger partial charge is 0.403 e. The second-order valence-corrected chi connectivity index (χ2v) is 8.45. The van der Waals surface area contributed by atoms with Crippen molar-refractivity contribution in [2.75, 3.05) is 17.2 Å². The Bertz CT molecular complexity index is 908.